The summed E-state index contributed by atoms with van der Waals surface area (Å²) in [5.41, 5.74) is 16.8. The predicted molar refractivity (Wildman–Crippen MR) is 86.9 cm³/mol. The second-order valence-corrected chi connectivity index (χ2v) is 5.92. The number of nitrogens with two attached hydrogens (primary N) is 2. The van der Waals surface area contributed by atoms with Crippen molar-refractivity contribution in [3.63, 3.8) is 0 Å². The molecule has 0 atom stereocenters. The molecule has 0 saturated heterocycles. The summed E-state index contributed by atoms with van der Waals surface area (Å²) in [5.74, 6) is 0. The molecule has 1 aliphatic rings. The highest BCUT2D eigenvalue weighted by Crippen LogP contribution is 2.31. The zero-order valence-electron chi connectivity index (χ0n) is 11.2. The number of hydrogen-bond acceptors (Lipinski definition) is 6. The fourth-order valence-corrected chi connectivity index (χ4v) is 1.94. The molecule has 0 amide bonds. The third-order valence-corrected chi connectivity index (χ3v) is 2.72. The van der Waals surface area contributed by atoms with Gasteiger partial charge in [-0.15, -0.1) is 0 Å². The maximum absolute atomic E-state index is 9.18. The molecule has 1 aliphatic carbocycles. The van der Waals surface area contributed by atoms with Crippen LogP contribution in [-0.2, 0) is 0 Å². The molecular formula is C10H17N7OS2. The molecule has 10 heteroatoms. The van der Waals surface area contributed by atoms with Gasteiger partial charge in [0.1, 0.15) is 5.71 Å². The molecule has 7 N–H and O–H groups in total. The summed E-state index contributed by atoms with van der Waals surface area (Å²) in [6, 6.07) is 0. The number of nitrogens with one attached hydrogen (secondary N) is 2. The molecule has 0 aromatic heterocycles. The Kier molecular flexibility index (Phi) is 5.34. The molecule has 8 nitrogen and oxygen atoms in total. The van der Waals surface area contributed by atoms with Crippen LogP contribution in [0.2, 0.25) is 0 Å². The van der Waals surface area contributed by atoms with Crippen LogP contribution < -0.4 is 22.3 Å². The second kappa shape index (κ2) is 6.57. The van der Waals surface area contributed by atoms with E-state index in [9.17, 15) is 5.21 Å². The minimum atomic E-state index is -0.123. The number of oxime groups is 1. The first-order valence-corrected chi connectivity index (χ1v) is 6.53. The van der Waals surface area contributed by atoms with E-state index in [1.165, 1.54) is 0 Å². The molecule has 0 bridgehead atoms. The Morgan fingerprint density at radius 2 is 1.50 bits per heavy atom. The minimum Gasteiger partial charge on any atom is -0.410 e. The lowest BCUT2D eigenvalue weighted by Gasteiger charge is -2.31. The van der Waals surface area contributed by atoms with E-state index < -0.39 is 0 Å². The zero-order chi connectivity index (χ0) is 15.3. The van der Waals surface area contributed by atoms with Gasteiger partial charge in [0.2, 0.25) is 0 Å². The number of hydrogen-bond donors (Lipinski definition) is 5. The average molecular weight is 315 g/mol. The van der Waals surface area contributed by atoms with Crippen molar-refractivity contribution in [1.29, 1.82) is 0 Å². The standard InChI is InChI=1S/C10H17N7OS2/c1-10(2)3-5(13-15-8(11)19)7(17-18)6(4-10)14-16-9(12)20/h18H,3-4H2,1-2H3,(H3,11,15,19)(H3,12,16,20)/b13-5-,14-6+,17-7?. The lowest BCUT2D eigenvalue weighted by Crippen LogP contribution is -2.41. The van der Waals surface area contributed by atoms with Crippen molar-refractivity contribution in [1.82, 2.24) is 10.9 Å². The Morgan fingerprint density at radius 3 is 1.80 bits per heavy atom. The summed E-state index contributed by atoms with van der Waals surface area (Å²) in [5, 5.41) is 20.6. The van der Waals surface area contributed by atoms with Crippen LogP contribution in [0, 0.1) is 5.41 Å². The molecule has 1 rings (SSSR count). The summed E-state index contributed by atoms with van der Waals surface area (Å²) in [6.45, 7) is 4.07. The Morgan fingerprint density at radius 1 is 1.10 bits per heavy atom. The molecule has 0 aromatic carbocycles. The fraction of sp³-hybridized carbons (Fsp3) is 0.500. The van der Waals surface area contributed by atoms with E-state index in [0.717, 1.165) is 0 Å². The Bertz CT molecular complexity index is 470. The van der Waals surface area contributed by atoms with Crippen LogP contribution in [0.4, 0.5) is 0 Å². The summed E-state index contributed by atoms with van der Waals surface area (Å²) in [6.07, 6.45) is 1.15. The largest absolute Gasteiger partial charge is 0.410 e. The summed E-state index contributed by atoms with van der Waals surface area (Å²) in [4.78, 5) is 0. The molecule has 0 aromatic rings. The van der Waals surface area contributed by atoms with Crippen LogP contribution in [0.5, 0.6) is 0 Å². The molecule has 1 fully saturated rings. The zero-order valence-corrected chi connectivity index (χ0v) is 12.8. The van der Waals surface area contributed by atoms with Gasteiger partial charge in [-0.25, -0.2) is 0 Å². The van der Waals surface area contributed by atoms with Crippen molar-refractivity contribution in [3.8, 4) is 0 Å². The number of nitrogens with zero attached hydrogens (tertiary/aromatic N) is 3. The molecule has 0 radical (unpaired) electrons. The van der Waals surface area contributed by atoms with Gasteiger partial charge in [-0.2, -0.15) is 10.2 Å². The van der Waals surface area contributed by atoms with Gasteiger partial charge in [0.25, 0.3) is 0 Å². The molecular weight excluding hydrogens is 298 g/mol. The van der Waals surface area contributed by atoms with Gasteiger partial charge >= 0.3 is 0 Å². The average Bonchev–Trinajstić information content (AvgIpc) is 2.32. The van der Waals surface area contributed by atoms with E-state index in [1.807, 2.05) is 13.8 Å². The summed E-state index contributed by atoms with van der Waals surface area (Å²) < 4.78 is 0. The van der Waals surface area contributed by atoms with Gasteiger partial charge < -0.3 is 16.7 Å². The lowest BCUT2D eigenvalue weighted by atomic mass is 9.74. The normalized spacial score (nSPS) is 23.8. The monoisotopic (exact) mass is 315 g/mol. The van der Waals surface area contributed by atoms with Crippen molar-refractivity contribution in [2.45, 2.75) is 26.7 Å². The summed E-state index contributed by atoms with van der Waals surface area (Å²) in [7, 11) is 0. The maximum Gasteiger partial charge on any atom is 0.184 e. The first-order chi connectivity index (χ1) is 9.25. The van der Waals surface area contributed by atoms with E-state index in [1.54, 1.807) is 0 Å². The van der Waals surface area contributed by atoms with Crippen molar-refractivity contribution in [3.05, 3.63) is 0 Å². The summed E-state index contributed by atoms with van der Waals surface area (Å²) >= 11 is 9.38. The molecule has 0 unspecified atom stereocenters. The minimum absolute atomic E-state index is 0.0259. The van der Waals surface area contributed by atoms with Gasteiger partial charge in [-0.05, 0) is 42.7 Å². The van der Waals surface area contributed by atoms with Gasteiger partial charge in [-0.3, -0.25) is 10.9 Å². The van der Waals surface area contributed by atoms with E-state index in [-0.39, 0.29) is 21.4 Å². The molecule has 0 heterocycles. The van der Waals surface area contributed by atoms with Crippen LogP contribution in [0.3, 0.4) is 0 Å². The number of hydrazone groups is 2. The quantitative estimate of drug-likeness (QED) is 0.275. The van der Waals surface area contributed by atoms with E-state index in [2.05, 4.69) is 26.2 Å². The highest BCUT2D eigenvalue weighted by molar-refractivity contribution is 7.80. The predicted octanol–water partition coefficient (Wildman–Crippen LogP) is 0.0150. The van der Waals surface area contributed by atoms with Gasteiger partial charge in [0.15, 0.2) is 10.2 Å². The Hall–Kier alpha value is -1.81. The van der Waals surface area contributed by atoms with Crippen LogP contribution in [0.1, 0.15) is 26.7 Å². The smallest absolute Gasteiger partial charge is 0.184 e. The first-order valence-electron chi connectivity index (χ1n) is 5.72. The topological polar surface area (TPSA) is 133 Å². The molecule has 20 heavy (non-hydrogen) atoms. The van der Waals surface area contributed by atoms with Gasteiger partial charge in [-0.1, -0.05) is 19.0 Å². The van der Waals surface area contributed by atoms with Crippen molar-refractivity contribution in [2.24, 2.45) is 32.2 Å². The molecule has 1 saturated carbocycles. The van der Waals surface area contributed by atoms with E-state index >= 15 is 0 Å². The van der Waals surface area contributed by atoms with Crippen LogP contribution >= 0.6 is 24.4 Å². The van der Waals surface area contributed by atoms with Crippen molar-refractivity contribution >= 4 is 51.8 Å². The molecule has 0 spiro atoms. The highest BCUT2D eigenvalue weighted by atomic mass is 32.1. The lowest BCUT2D eigenvalue weighted by molar-refractivity contribution is 0.319. The third kappa shape index (κ3) is 4.70. The van der Waals surface area contributed by atoms with E-state index in [0.29, 0.717) is 24.3 Å². The maximum atomic E-state index is 9.18. The number of thiocarbonyl (C=S) groups is 2. The van der Waals surface area contributed by atoms with Crippen LogP contribution in [0.15, 0.2) is 15.4 Å². The van der Waals surface area contributed by atoms with Crippen molar-refractivity contribution in [2.75, 3.05) is 0 Å². The SMILES string of the molecule is CC1(C)C/C(=N/NC(N)=S)C(=NO)/C(=N/NC(N)=S)C1. The molecule has 110 valence electrons. The van der Waals surface area contributed by atoms with Crippen molar-refractivity contribution < 1.29 is 5.21 Å². The third-order valence-electron chi connectivity index (χ3n) is 2.54. The highest BCUT2D eigenvalue weighted by Gasteiger charge is 2.35. The fourth-order valence-electron chi connectivity index (χ4n) is 1.85. The Labute approximate surface area is 127 Å². The van der Waals surface area contributed by atoms with Gasteiger partial charge in [0.05, 0.1) is 11.4 Å². The number of rotatable bonds is 2. The first kappa shape index (κ1) is 16.2. The van der Waals surface area contributed by atoms with E-state index in [4.69, 9.17) is 35.9 Å². The van der Waals surface area contributed by atoms with Crippen LogP contribution in [-0.4, -0.2) is 32.6 Å². The Balaban J connectivity index is 3.12. The molecule has 0 aliphatic heterocycles. The van der Waals surface area contributed by atoms with Gasteiger partial charge in [0, 0.05) is 0 Å². The van der Waals surface area contributed by atoms with Crippen LogP contribution in [0.25, 0.3) is 0 Å². The second-order valence-electron chi connectivity index (χ2n) is 5.04.